The van der Waals surface area contributed by atoms with Gasteiger partial charge in [-0.15, -0.1) is 35.1 Å². The van der Waals surface area contributed by atoms with E-state index in [0.717, 1.165) is 55.0 Å². The predicted molar refractivity (Wildman–Crippen MR) is 166 cm³/mol. The molecule has 0 saturated carbocycles. The second-order valence-corrected chi connectivity index (χ2v) is 11.5. The van der Waals surface area contributed by atoms with Gasteiger partial charge in [0.2, 0.25) is 0 Å². The second kappa shape index (κ2) is 15.1. The Bertz CT molecular complexity index is 1290. The Hall–Kier alpha value is -3.10. The van der Waals surface area contributed by atoms with Crippen LogP contribution in [0.2, 0.25) is 0 Å². The summed E-state index contributed by atoms with van der Waals surface area (Å²) in [6.45, 7) is 3.41. The van der Waals surface area contributed by atoms with Crippen LogP contribution in [0, 0.1) is 5.92 Å². The summed E-state index contributed by atoms with van der Waals surface area (Å²) in [5, 5.41) is 13.7. The van der Waals surface area contributed by atoms with Crippen LogP contribution in [0.1, 0.15) is 40.1 Å². The zero-order valence-corrected chi connectivity index (χ0v) is 24.7. The zero-order chi connectivity index (χ0) is 26.9. The minimum atomic E-state index is -0.681. The zero-order valence-electron chi connectivity index (χ0n) is 22.2. The van der Waals surface area contributed by atoms with Gasteiger partial charge >= 0.3 is 5.97 Å². The number of halogens is 1. The van der Waals surface area contributed by atoms with E-state index in [1.165, 1.54) is 15.3 Å². The summed E-state index contributed by atoms with van der Waals surface area (Å²) in [5.74, 6) is 0.761. The Morgan fingerprint density at radius 1 is 0.875 bits per heavy atom. The molecule has 1 saturated heterocycles. The summed E-state index contributed by atoms with van der Waals surface area (Å²) in [5.41, 5.74) is 3.51. The fourth-order valence-corrected chi connectivity index (χ4v) is 6.85. The predicted octanol–water partition coefficient (Wildman–Crippen LogP) is 8.01. The summed E-state index contributed by atoms with van der Waals surface area (Å²) < 4.78 is 12.2. The third-order valence-electron chi connectivity index (χ3n) is 6.91. The lowest BCUT2D eigenvalue weighted by Gasteiger charge is -2.30. The maximum Gasteiger partial charge on any atom is 0.307 e. The summed E-state index contributed by atoms with van der Waals surface area (Å²) in [6, 6.07) is 24.1. The molecule has 0 bridgehead atoms. The number of piperidine rings is 1. The first-order valence-corrected chi connectivity index (χ1v) is 15.1. The van der Waals surface area contributed by atoms with E-state index in [1.54, 1.807) is 22.7 Å². The molecule has 0 amide bonds. The van der Waals surface area contributed by atoms with Gasteiger partial charge in [0.05, 0.1) is 5.92 Å². The number of hydrogen-bond donors (Lipinski definition) is 1. The van der Waals surface area contributed by atoms with E-state index in [2.05, 4.69) is 33.9 Å². The number of ether oxygens (including phenoxy) is 2. The molecule has 0 aliphatic carbocycles. The maximum absolute atomic E-state index is 11.5. The Balaban J connectivity index is 0.00000370. The minimum absolute atomic E-state index is 0. The third-order valence-corrected chi connectivity index (χ3v) is 8.89. The van der Waals surface area contributed by atoms with Crippen LogP contribution in [0.5, 0.6) is 11.5 Å². The van der Waals surface area contributed by atoms with Gasteiger partial charge in [-0.05, 0) is 73.0 Å². The summed E-state index contributed by atoms with van der Waals surface area (Å²) in [7, 11) is 0. The first-order chi connectivity index (χ1) is 19.2. The van der Waals surface area contributed by atoms with Gasteiger partial charge in [-0.25, -0.2) is 0 Å². The van der Waals surface area contributed by atoms with Gasteiger partial charge in [-0.1, -0.05) is 42.5 Å². The molecule has 2 aromatic heterocycles. The molecule has 3 heterocycles. The highest BCUT2D eigenvalue weighted by Crippen LogP contribution is 2.37. The van der Waals surface area contributed by atoms with Crippen LogP contribution in [0.4, 0.5) is 0 Å². The second-order valence-electron chi connectivity index (χ2n) is 9.64. The molecule has 0 unspecified atom stereocenters. The molecule has 1 atom stereocenters. The molecule has 1 fully saturated rings. The average Bonchev–Trinajstić information content (AvgIpc) is 3.64. The SMILES string of the molecule is Cl.O=C(O)[C@@H]1CCCN(CCC=C(c2sccc2COc2ccccc2)c2sccc2COc2ccccc2)C1. The van der Waals surface area contributed by atoms with Crippen LogP contribution in [-0.4, -0.2) is 35.6 Å². The summed E-state index contributed by atoms with van der Waals surface area (Å²) >= 11 is 3.46. The number of benzene rings is 2. The highest BCUT2D eigenvalue weighted by Gasteiger charge is 2.25. The van der Waals surface area contributed by atoms with Crippen molar-refractivity contribution in [2.24, 2.45) is 5.92 Å². The number of likely N-dealkylation sites (tertiary alicyclic amines) is 1. The van der Waals surface area contributed by atoms with Crippen molar-refractivity contribution < 1.29 is 19.4 Å². The summed E-state index contributed by atoms with van der Waals surface area (Å²) in [4.78, 5) is 16.2. The van der Waals surface area contributed by atoms with Crippen LogP contribution in [-0.2, 0) is 18.0 Å². The van der Waals surface area contributed by atoms with Gasteiger partial charge in [0, 0.05) is 39.5 Å². The van der Waals surface area contributed by atoms with Crippen molar-refractivity contribution >= 4 is 46.6 Å². The molecule has 5 rings (SSSR count). The van der Waals surface area contributed by atoms with E-state index in [4.69, 9.17) is 9.47 Å². The fraction of sp³-hybridized carbons (Fsp3) is 0.281. The van der Waals surface area contributed by atoms with Crippen LogP contribution in [0.25, 0.3) is 5.57 Å². The Labute approximate surface area is 250 Å². The Morgan fingerprint density at radius 2 is 1.43 bits per heavy atom. The van der Waals surface area contributed by atoms with Gasteiger partial charge in [-0.3, -0.25) is 4.79 Å². The van der Waals surface area contributed by atoms with E-state index >= 15 is 0 Å². The molecule has 210 valence electrons. The monoisotopic (exact) mass is 595 g/mol. The lowest BCUT2D eigenvalue weighted by Crippen LogP contribution is -2.39. The number of aliphatic carboxylic acids is 1. The molecule has 0 radical (unpaired) electrons. The van der Waals surface area contributed by atoms with E-state index in [1.807, 2.05) is 60.7 Å². The molecule has 8 heteroatoms. The van der Waals surface area contributed by atoms with Crippen molar-refractivity contribution in [1.29, 1.82) is 0 Å². The fourth-order valence-electron chi connectivity index (χ4n) is 4.87. The van der Waals surface area contributed by atoms with Gasteiger partial charge in [-0.2, -0.15) is 0 Å². The van der Waals surface area contributed by atoms with E-state index in [0.29, 0.717) is 19.8 Å². The summed E-state index contributed by atoms with van der Waals surface area (Å²) in [6.07, 6.45) is 4.87. The third kappa shape index (κ3) is 7.98. The molecule has 0 spiro atoms. The first kappa shape index (κ1) is 29.9. The standard InChI is InChI=1S/C32H33NO4S2.ClH/c34-32(35)24-9-7-17-33(21-24)18-8-14-29(30-25(15-19-38-30)22-36-27-10-3-1-4-11-27)31-26(16-20-39-31)23-37-28-12-5-2-6-13-28;/h1-6,10-16,19-20,24H,7-9,17-18,21-23H2,(H,34,35);1H/t24-;/m1./s1. The Morgan fingerprint density at radius 3 is 1.95 bits per heavy atom. The Kier molecular flexibility index (Phi) is 11.2. The van der Waals surface area contributed by atoms with Crippen molar-refractivity contribution in [3.05, 3.63) is 111 Å². The number of carbonyl (C=O) groups is 1. The smallest absolute Gasteiger partial charge is 0.307 e. The number of hydrogen-bond acceptors (Lipinski definition) is 6. The molecule has 2 aromatic carbocycles. The van der Waals surface area contributed by atoms with Crippen LogP contribution in [0.15, 0.2) is 89.6 Å². The number of carboxylic acid groups (broad SMARTS) is 1. The average molecular weight is 596 g/mol. The lowest BCUT2D eigenvalue weighted by molar-refractivity contribution is -0.143. The van der Waals surface area contributed by atoms with Crippen molar-refractivity contribution in [2.45, 2.75) is 32.5 Å². The highest BCUT2D eigenvalue weighted by atomic mass is 35.5. The molecule has 4 aromatic rings. The first-order valence-electron chi connectivity index (χ1n) is 13.3. The number of para-hydroxylation sites is 2. The maximum atomic E-state index is 11.5. The van der Waals surface area contributed by atoms with Gasteiger partial charge < -0.3 is 19.5 Å². The van der Waals surface area contributed by atoms with Crippen LogP contribution in [0.3, 0.4) is 0 Å². The molecular formula is C32H34ClNO4S2. The van der Waals surface area contributed by atoms with Crippen molar-refractivity contribution in [3.63, 3.8) is 0 Å². The molecule has 40 heavy (non-hydrogen) atoms. The molecular weight excluding hydrogens is 562 g/mol. The van der Waals surface area contributed by atoms with Gasteiger partial charge in [0.1, 0.15) is 24.7 Å². The van der Waals surface area contributed by atoms with Crippen molar-refractivity contribution in [1.82, 2.24) is 4.90 Å². The van der Waals surface area contributed by atoms with Crippen molar-refractivity contribution in [3.8, 4) is 11.5 Å². The molecule has 1 aliphatic rings. The number of thiophene rings is 2. The molecule has 1 N–H and O–H groups in total. The lowest BCUT2D eigenvalue weighted by atomic mass is 9.98. The molecule has 5 nitrogen and oxygen atoms in total. The highest BCUT2D eigenvalue weighted by molar-refractivity contribution is 7.14. The topological polar surface area (TPSA) is 59.0 Å². The van der Waals surface area contributed by atoms with Gasteiger partial charge in [0.25, 0.3) is 0 Å². The van der Waals surface area contributed by atoms with Crippen LogP contribution < -0.4 is 9.47 Å². The number of nitrogens with zero attached hydrogens (tertiary/aromatic N) is 1. The van der Waals surface area contributed by atoms with E-state index in [9.17, 15) is 9.90 Å². The van der Waals surface area contributed by atoms with Crippen LogP contribution >= 0.6 is 35.1 Å². The minimum Gasteiger partial charge on any atom is -0.489 e. The quantitative estimate of drug-likeness (QED) is 0.180. The molecule has 1 aliphatic heterocycles. The van der Waals surface area contributed by atoms with Crippen molar-refractivity contribution in [2.75, 3.05) is 19.6 Å². The van der Waals surface area contributed by atoms with Gasteiger partial charge in [0.15, 0.2) is 0 Å². The number of carboxylic acids is 1. The van der Waals surface area contributed by atoms with E-state index in [-0.39, 0.29) is 18.3 Å². The normalized spacial score (nSPS) is 15.2. The number of rotatable bonds is 12. The largest absolute Gasteiger partial charge is 0.489 e. The van der Waals surface area contributed by atoms with E-state index < -0.39 is 5.97 Å².